The largest absolute Gasteiger partial charge is 0.497 e. The molecule has 7 nitrogen and oxygen atoms in total. The van der Waals surface area contributed by atoms with Crippen LogP contribution in [0.3, 0.4) is 0 Å². The van der Waals surface area contributed by atoms with E-state index in [-0.39, 0.29) is 33.6 Å². The fourth-order valence-electron chi connectivity index (χ4n) is 4.43. The van der Waals surface area contributed by atoms with E-state index in [1.165, 1.54) is 12.1 Å². The Morgan fingerprint density at radius 1 is 1.06 bits per heavy atom. The third kappa shape index (κ3) is 3.55. The summed E-state index contributed by atoms with van der Waals surface area (Å²) >= 11 is 0. The van der Waals surface area contributed by atoms with Crippen LogP contribution >= 0.6 is 0 Å². The molecule has 8 heteroatoms. The van der Waals surface area contributed by atoms with E-state index in [1.807, 2.05) is 12.1 Å². The van der Waals surface area contributed by atoms with Gasteiger partial charge in [0.1, 0.15) is 17.1 Å². The van der Waals surface area contributed by atoms with Crippen molar-refractivity contribution in [1.29, 1.82) is 0 Å². The second-order valence-electron chi connectivity index (χ2n) is 7.94. The second-order valence-corrected chi connectivity index (χ2v) is 7.94. The van der Waals surface area contributed by atoms with Crippen LogP contribution in [0.25, 0.3) is 11.0 Å². The molecule has 2 aromatic carbocycles. The van der Waals surface area contributed by atoms with Gasteiger partial charge in [-0.2, -0.15) is 0 Å². The lowest BCUT2D eigenvalue weighted by molar-refractivity contribution is 0.0314. The molecule has 1 aromatic heterocycles. The maximum absolute atomic E-state index is 13.9. The van der Waals surface area contributed by atoms with Crippen molar-refractivity contribution in [2.24, 2.45) is 0 Å². The summed E-state index contributed by atoms with van der Waals surface area (Å²) in [4.78, 5) is 30.7. The summed E-state index contributed by atoms with van der Waals surface area (Å²) in [5.74, 6) is -0.167. The molecule has 0 bridgehead atoms. The number of halogens is 1. The van der Waals surface area contributed by atoms with Gasteiger partial charge in [-0.05, 0) is 35.9 Å². The highest BCUT2D eigenvalue weighted by molar-refractivity contribution is 5.99. The first kappa shape index (κ1) is 20.7. The lowest BCUT2D eigenvalue weighted by Gasteiger charge is -2.31. The molecule has 0 unspecified atom stereocenters. The van der Waals surface area contributed by atoms with Gasteiger partial charge in [-0.15, -0.1) is 0 Å². The van der Waals surface area contributed by atoms with Gasteiger partial charge in [0, 0.05) is 26.2 Å². The number of fused-ring (bicyclic) bond motifs is 2. The van der Waals surface area contributed by atoms with Gasteiger partial charge in [0.25, 0.3) is 5.91 Å². The summed E-state index contributed by atoms with van der Waals surface area (Å²) in [6.07, 6.45) is 0. The van der Waals surface area contributed by atoms with E-state index >= 15 is 0 Å². The summed E-state index contributed by atoms with van der Waals surface area (Å²) < 4.78 is 30.4. The molecule has 32 heavy (non-hydrogen) atoms. The highest BCUT2D eigenvalue weighted by Crippen LogP contribution is 2.38. The highest BCUT2D eigenvalue weighted by atomic mass is 19.1. The number of morpholine rings is 1. The minimum atomic E-state index is -0.617. The third-order valence-electron chi connectivity index (χ3n) is 6.12. The molecule has 3 heterocycles. The summed E-state index contributed by atoms with van der Waals surface area (Å²) in [7, 11) is 1.58. The number of amides is 1. The number of hydrogen-bond donors (Lipinski definition) is 0. The Hall–Kier alpha value is -3.23. The molecule has 0 saturated carbocycles. The van der Waals surface area contributed by atoms with E-state index < -0.39 is 11.9 Å². The molecule has 166 valence electrons. The van der Waals surface area contributed by atoms with Crippen molar-refractivity contribution < 1.29 is 23.1 Å². The number of methoxy groups -OCH3 is 1. The summed E-state index contributed by atoms with van der Waals surface area (Å²) in [6, 6.07) is 10.4. The monoisotopic (exact) mass is 438 g/mol. The van der Waals surface area contributed by atoms with E-state index in [0.29, 0.717) is 32.1 Å². The first-order valence-electron chi connectivity index (χ1n) is 10.6. The third-order valence-corrected chi connectivity index (χ3v) is 6.12. The Morgan fingerprint density at radius 2 is 1.81 bits per heavy atom. The van der Waals surface area contributed by atoms with Crippen molar-refractivity contribution >= 4 is 16.9 Å². The summed E-state index contributed by atoms with van der Waals surface area (Å²) in [5, 5.41) is 0.130. The topological polar surface area (TPSA) is 72.2 Å². The van der Waals surface area contributed by atoms with Crippen LogP contribution in [0.1, 0.15) is 27.7 Å². The van der Waals surface area contributed by atoms with Gasteiger partial charge in [-0.1, -0.05) is 12.1 Å². The van der Waals surface area contributed by atoms with Gasteiger partial charge in [0.2, 0.25) is 5.76 Å². The van der Waals surface area contributed by atoms with Gasteiger partial charge in [0.05, 0.1) is 37.3 Å². The summed E-state index contributed by atoms with van der Waals surface area (Å²) in [5.41, 5.74) is 0.832. The van der Waals surface area contributed by atoms with E-state index in [9.17, 15) is 14.0 Å². The average molecular weight is 438 g/mol. The van der Waals surface area contributed by atoms with Gasteiger partial charge < -0.3 is 18.8 Å². The van der Waals surface area contributed by atoms with Crippen LogP contribution in [0.15, 0.2) is 51.7 Å². The molecule has 1 amide bonds. The Kier molecular flexibility index (Phi) is 5.40. The van der Waals surface area contributed by atoms with Gasteiger partial charge in [-0.3, -0.25) is 14.5 Å². The average Bonchev–Trinajstić information content (AvgIpc) is 3.10. The SMILES string of the molecule is COc1ccc([C@@H]2c3c(oc4ccc(F)cc4c3=O)C(=O)N2CCN2CCOCC2)cc1. The van der Waals surface area contributed by atoms with Crippen molar-refractivity contribution in [3.05, 3.63) is 75.4 Å². The molecule has 5 rings (SSSR count). The van der Waals surface area contributed by atoms with Crippen molar-refractivity contribution in [2.45, 2.75) is 6.04 Å². The molecule has 1 fully saturated rings. The first-order valence-corrected chi connectivity index (χ1v) is 10.6. The molecule has 0 N–H and O–H groups in total. The van der Waals surface area contributed by atoms with Crippen LogP contribution in [-0.4, -0.2) is 62.2 Å². The van der Waals surface area contributed by atoms with Crippen LogP contribution in [0.2, 0.25) is 0 Å². The zero-order valence-corrected chi connectivity index (χ0v) is 17.7. The van der Waals surface area contributed by atoms with E-state index in [2.05, 4.69) is 4.90 Å². The molecule has 0 aliphatic carbocycles. The lowest BCUT2D eigenvalue weighted by atomic mass is 9.98. The molecule has 3 aromatic rings. The molecule has 0 spiro atoms. The number of benzene rings is 2. The molecule has 1 saturated heterocycles. The maximum atomic E-state index is 13.9. The molecule has 2 aliphatic rings. The van der Waals surface area contributed by atoms with Crippen molar-refractivity contribution in [2.75, 3.05) is 46.5 Å². The minimum Gasteiger partial charge on any atom is -0.497 e. The Bertz CT molecular complexity index is 1220. The van der Waals surface area contributed by atoms with Gasteiger partial charge in [0.15, 0.2) is 5.43 Å². The minimum absolute atomic E-state index is 0.0249. The second kappa shape index (κ2) is 8.37. The fourth-order valence-corrected chi connectivity index (χ4v) is 4.43. The molecule has 2 aliphatic heterocycles. The molecule has 0 radical (unpaired) electrons. The lowest BCUT2D eigenvalue weighted by Crippen LogP contribution is -2.42. The van der Waals surface area contributed by atoms with Crippen LogP contribution in [-0.2, 0) is 4.74 Å². The fraction of sp³-hybridized carbons (Fsp3) is 0.333. The number of hydrogen-bond acceptors (Lipinski definition) is 6. The van der Waals surface area contributed by atoms with Crippen molar-refractivity contribution in [1.82, 2.24) is 9.80 Å². The van der Waals surface area contributed by atoms with Crippen LogP contribution in [0.4, 0.5) is 4.39 Å². The number of carbonyl (C=O) groups is 1. The number of rotatable bonds is 5. The normalized spacial score (nSPS) is 18.9. The predicted molar refractivity (Wildman–Crippen MR) is 116 cm³/mol. The molecular weight excluding hydrogens is 415 g/mol. The highest BCUT2D eigenvalue weighted by Gasteiger charge is 2.42. The van der Waals surface area contributed by atoms with Crippen LogP contribution in [0, 0.1) is 5.82 Å². The Morgan fingerprint density at radius 3 is 2.53 bits per heavy atom. The van der Waals surface area contributed by atoms with Gasteiger partial charge in [-0.25, -0.2) is 4.39 Å². The zero-order chi connectivity index (χ0) is 22.2. The Labute approximate surface area is 183 Å². The van der Waals surface area contributed by atoms with E-state index in [1.54, 1.807) is 24.1 Å². The number of ether oxygens (including phenoxy) is 2. The van der Waals surface area contributed by atoms with Gasteiger partial charge >= 0.3 is 0 Å². The molecular formula is C24H23FN2O5. The zero-order valence-electron chi connectivity index (χ0n) is 17.7. The predicted octanol–water partition coefficient (Wildman–Crippen LogP) is 2.82. The van der Waals surface area contributed by atoms with Crippen LogP contribution in [0.5, 0.6) is 5.75 Å². The molecule has 1 atom stereocenters. The first-order chi connectivity index (χ1) is 15.6. The smallest absolute Gasteiger partial charge is 0.290 e. The maximum Gasteiger partial charge on any atom is 0.290 e. The van der Waals surface area contributed by atoms with Crippen LogP contribution < -0.4 is 10.2 Å². The number of nitrogens with zero attached hydrogens (tertiary/aromatic N) is 2. The van der Waals surface area contributed by atoms with E-state index in [4.69, 9.17) is 13.9 Å². The standard InChI is InChI=1S/C24H23FN2O5/c1-30-17-5-2-15(3-6-17)21-20-22(28)18-14-16(25)4-7-19(18)32-23(20)24(29)27(21)9-8-26-10-12-31-13-11-26/h2-7,14,21H,8-13H2,1H3/t21-/m1/s1. The van der Waals surface area contributed by atoms with E-state index in [0.717, 1.165) is 24.7 Å². The van der Waals surface area contributed by atoms with Crippen molar-refractivity contribution in [3.63, 3.8) is 0 Å². The quantitative estimate of drug-likeness (QED) is 0.610. The summed E-state index contributed by atoms with van der Waals surface area (Å²) in [6.45, 7) is 3.98. The Balaban J connectivity index is 1.60. The van der Waals surface area contributed by atoms with Crippen molar-refractivity contribution in [3.8, 4) is 5.75 Å². The number of carbonyl (C=O) groups excluding carboxylic acids is 1.